The average Bonchev–Trinajstić information content (AvgIpc) is 2.49. The average molecular weight is 382 g/mol. The van der Waals surface area contributed by atoms with E-state index in [1.54, 1.807) is 6.92 Å². The molecular formula is C14H17F3N2O5S. The zero-order valence-electron chi connectivity index (χ0n) is 13.1. The third kappa shape index (κ3) is 7.10. The highest BCUT2D eigenvalue weighted by atomic mass is 32.2. The van der Waals surface area contributed by atoms with E-state index in [9.17, 15) is 31.2 Å². The number of nitrogens with one attached hydrogen (secondary N) is 2. The molecular weight excluding hydrogens is 365 g/mol. The van der Waals surface area contributed by atoms with E-state index < -0.39 is 45.1 Å². The first-order valence-corrected chi connectivity index (χ1v) is 8.55. The third-order valence-corrected chi connectivity index (χ3v) is 4.46. The molecule has 0 spiro atoms. The normalized spacial score (nSPS) is 13.3. The van der Waals surface area contributed by atoms with Gasteiger partial charge in [-0.25, -0.2) is 13.1 Å². The number of amides is 1. The SMILES string of the molecule is CC(CNC(=O)CNS(=O)(=O)c1cccc(C(F)(F)F)c1)CC(=O)O. The molecule has 0 aliphatic heterocycles. The summed E-state index contributed by atoms with van der Waals surface area (Å²) in [6, 6.07) is 3.13. The lowest BCUT2D eigenvalue weighted by atomic mass is 10.1. The minimum absolute atomic E-state index is 0.0242. The number of rotatable bonds is 8. The first kappa shape index (κ1) is 20.9. The molecule has 1 amide bonds. The summed E-state index contributed by atoms with van der Waals surface area (Å²) in [5.41, 5.74) is -1.12. The Morgan fingerprint density at radius 2 is 1.92 bits per heavy atom. The lowest BCUT2D eigenvalue weighted by molar-refractivity contribution is -0.138. The van der Waals surface area contributed by atoms with Crippen molar-refractivity contribution in [1.82, 2.24) is 10.0 Å². The van der Waals surface area contributed by atoms with E-state index in [0.29, 0.717) is 6.07 Å². The molecule has 140 valence electrons. The second kappa shape index (κ2) is 8.30. The van der Waals surface area contributed by atoms with Crippen LogP contribution in [0.1, 0.15) is 18.9 Å². The molecule has 0 heterocycles. The fourth-order valence-electron chi connectivity index (χ4n) is 1.80. The minimum atomic E-state index is -4.69. The fraction of sp³-hybridized carbons (Fsp3) is 0.429. The zero-order valence-corrected chi connectivity index (χ0v) is 13.9. The number of hydrogen-bond acceptors (Lipinski definition) is 4. The number of carbonyl (C=O) groups excluding carboxylic acids is 1. The topological polar surface area (TPSA) is 113 Å². The molecule has 0 aliphatic carbocycles. The number of carboxylic acids is 1. The van der Waals surface area contributed by atoms with Gasteiger partial charge in [-0.05, 0) is 24.1 Å². The highest BCUT2D eigenvalue weighted by molar-refractivity contribution is 7.89. The summed E-state index contributed by atoms with van der Waals surface area (Å²) in [7, 11) is -4.30. The Kier molecular flexibility index (Phi) is 6.94. The number of alkyl halides is 3. The Bertz CT molecular complexity index is 734. The molecule has 0 aliphatic rings. The summed E-state index contributed by atoms with van der Waals surface area (Å²) in [5, 5.41) is 10.9. The van der Waals surface area contributed by atoms with Gasteiger partial charge in [0.1, 0.15) is 0 Å². The van der Waals surface area contributed by atoms with Crippen LogP contribution in [0.2, 0.25) is 0 Å². The summed E-state index contributed by atoms with van der Waals surface area (Å²) in [4.78, 5) is 21.4. The number of hydrogen-bond donors (Lipinski definition) is 3. The molecule has 0 bridgehead atoms. The van der Waals surface area contributed by atoms with Gasteiger partial charge in [-0.1, -0.05) is 13.0 Å². The molecule has 0 saturated heterocycles. The van der Waals surface area contributed by atoms with E-state index in [-0.39, 0.29) is 18.9 Å². The Hall–Kier alpha value is -2.14. The van der Waals surface area contributed by atoms with Crippen LogP contribution < -0.4 is 10.0 Å². The van der Waals surface area contributed by atoms with Crippen LogP contribution in [0.5, 0.6) is 0 Å². The number of sulfonamides is 1. The predicted octanol–water partition coefficient (Wildman–Crippen LogP) is 1.21. The smallest absolute Gasteiger partial charge is 0.416 e. The lowest BCUT2D eigenvalue weighted by Crippen LogP contribution is -2.38. The van der Waals surface area contributed by atoms with Crippen LogP contribution in [0.4, 0.5) is 13.2 Å². The monoisotopic (exact) mass is 382 g/mol. The Morgan fingerprint density at radius 1 is 1.28 bits per heavy atom. The lowest BCUT2D eigenvalue weighted by Gasteiger charge is -2.12. The molecule has 11 heteroatoms. The summed E-state index contributed by atoms with van der Waals surface area (Å²) in [6.45, 7) is 0.927. The van der Waals surface area contributed by atoms with Gasteiger partial charge in [0, 0.05) is 13.0 Å². The standard InChI is InChI=1S/C14H17F3N2O5S/c1-9(5-13(21)22)7-18-12(20)8-19-25(23,24)11-4-2-3-10(6-11)14(15,16)17/h2-4,6,9,19H,5,7-8H2,1H3,(H,18,20)(H,21,22). The van der Waals surface area contributed by atoms with Crippen LogP contribution >= 0.6 is 0 Å². The van der Waals surface area contributed by atoms with Crippen molar-refractivity contribution in [2.75, 3.05) is 13.1 Å². The largest absolute Gasteiger partial charge is 0.481 e. The third-order valence-electron chi connectivity index (χ3n) is 3.07. The van der Waals surface area contributed by atoms with E-state index in [0.717, 1.165) is 18.2 Å². The second-order valence-electron chi connectivity index (χ2n) is 5.36. The zero-order chi connectivity index (χ0) is 19.3. The number of carboxylic acid groups (broad SMARTS) is 1. The van der Waals surface area contributed by atoms with Crippen LogP contribution in [0.3, 0.4) is 0 Å². The maximum Gasteiger partial charge on any atom is 0.416 e. The van der Waals surface area contributed by atoms with Crippen molar-refractivity contribution in [3.05, 3.63) is 29.8 Å². The van der Waals surface area contributed by atoms with Crippen molar-refractivity contribution < 1.29 is 36.3 Å². The Balaban J connectivity index is 2.64. The van der Waals surface area contributed by atoms with Gasteiger partial charge in [-0.15, -0.1) is 0 Å². The number of halogens is 3. The van der Waals surface area contributed by atoms with Crippen molar-refractivity contribution >= 4 is 21.9 Å². The number of aliphatic carboxylic acids is 1. The van der Waals surface area contributed by atoms with Gasteiger partial charge < -0.3 is 10.4 Å². The summed E-state index contributed by atoms with van der Waals surface area (Å²) in [5.74, 6) is -2.12. The fourth-order valence-corrected chi connectivity index (χ4v) is 2.83. The molecule has 1 unspecified atom stereocenters. The highest BCUT2D eigenvalue weighted by Crippen LogP contribution is 2.30. The maximum atomic E-state index is 12.6. The first-order valence-electron chi connectivity index (χ1n) is 7.07. The molecule has 0 radical (unpaired) electrons. The molecule has 1 atom stereocenters. The predicted molar refractivity (Wildman–Crippen MR) is 81.1 cm³/mol. The first-order chi connectivity index (χ1) is 11.4. The van der Waals surface area contributed by atoms with Crippen molar-refractivity contribution in [3.8, 4) is 0 Å². The van der Waals surface area contributed by atoms with E-state index in [2.05, 4.69) is 5.32 Å². The molecule has 7 nitrogen and oxygen atoms in total. The molecule has 1 aromatic rings. The molecule has 0 fully saturated rings. The van der Waals surface area contributed by atoms with Gasteiger partial charge in [0.15, 0.2) is 0 Å². The Morgan fingerprint density at radius 3 is 2.48 bits per heavy atom. The molecule has 1 rings (SSSR count). The second-order valence-corrected chi connectivity index (χ2v) is 7.12. The molecule has 0 aromatic heterocycles. The maximum absolute atomic E-state index is 12.6. The van der Waals surface area contributed by atoms with Crippen molar-refractivity contribution in [2.45, 2.75) is 24.4 Å². The highest BCUT2D eigenvalue weighted by Gasteiger charge is 2.31. The quantitative estimate of drug-likeness (QED) is 0.626. The minimum Gasteiger partial charge on any atom is -0.481 e. The van der Waals surface area contributed by atoms with Gasteiger partial charge in [0.2, 0.25) is 15.9 Å². The van der Waals surface area contributed by atoms with Crippen molar-refractivity contribution in [3.63, 3.8) is 0 Å². The summed E-state index contributed by atoms with van der Waals surface area (Å²) < 4.78 is 63.7. The van der Waals surface area contributed by atoms with Crippen LogP contribution in [0.25, 0.3) is 0 Å². The van der Waals surface area contributed by atoms with E-state index in [1.807, 2.05) is 4.72 Å². The molecule has 0 saturated carbocycles. The van der Waals surface area contributed by atoms with Crippen molar-refractivity contribution in [1.29, 1.82) is 0 Å². The van der Waals surface area contributed by atoms with Crippen LogP contribution in [0, 0.1) is 5.92 Å². The number of carbonyl (C=O) groups is 2. The van der Waals surface area contributed by atoms with Crippen molar-refractivity contribution in [2.24, 2.45) is 5.92 Å². The number of benzene rings is 1. The molecule has 25 heavy (non-hydrogen) atoms. The van der Waals surface area contributed by atoms with Crippen LogP contribution in [0.15, 0.2) is 29.2 Å². The van der Waals surface area contributed by atoms with Gasteiger partial charge in [0.25, 0.3) is 0 Å². The molecule has 1 aromatic carbocycles. The van der Waals surface area contributed by atoms with Gasteiger partial charge in [0.05, 0.1) is 17.0 Å². The Labute approximate surface area is 142 Å². The molecule has 3 N–H and O–H groups in total. The van der Waals surface area contributed by atoms with Gasteiger partial charge in [-0.2, -0.15) is 13.2 Å². The summed E-state index contributed by atoms with van der Waals surface area (Å²) in [6.07, 6.45) is -4.86. The van der Waals surface area contributed by atoms with E-state index in [4.69, 9.17) is 5.11 Å². The van der Waals surface area contributed by atoms with Crippen LogP contribution in [-0.4, -0.2) is 38.5 Å². The van der Waals surface area contributed by atoms with E-state index >= 15 is 0 Å². The van der Waals surface area contributed by atoms with Gasteiger partial charge in [-0.3, -0.25) is 9.59 Å². The van der Waals surface area contributed by atoms with Crippen LogP contribution in [-0.2, 0) is 25.8 Å². The van der Waals surface area contributed by atoms with Gasteiger partial charge >= 0.3 is 12.1 Å². The summed E-state index contributed by atoms with van der Waals surface area (Å²) >= 11 is 0. The van der Waals surface area contributed by atoms with E-state index in [1.165, 1.54) is 0 Å².